The maximum Gasteiger partial charge on any atom is 0.223 e. The van der Waals surface area contributed by atoms with Gasteiger partial charge in [-0.05, 0) is 42.2 Å². The summed E-state index contributed by atoms with van der Waals surface area (Å²) in [6.07, 6.45) is 4.18. The molecule has 224 valence electrons. The van der Waals surface area contributed by atoms with Gasteiger partial charge in [0.25, 0.3) is 0 Å². The standard InChI is InChI=1S/C31H32Cl2N6O4/c1-4-21(40)11-18-8-9-43-16-23(18)38-31-36-15-19-12-22(26-27(32)24(41-2)13-25(42-3)28(26)33)37-30(29(19)39-31)35-14-17-6-5-7-20(34)10-17/h4-7,10,12-13,15,18,23H,1,8-9,11,14,16,34H2,2-3H3,(H,35,37)(H,36,38,39)/t18-,23-/m1/s1. The van der Waals surface area contributed by atoms with Crippen LogP contribution in [-0.2, 0) is 16.1 Å². The molecular weight excluding hydrogens is 591 g/mol. The van der Waals surface area contributed by atoms with E-state index in [1.54, 1.807) is 12.3 Å². The predicted octanol–water partition coefficient (Wildman–Crippen LogP) is 6.17. The lowest BCUT2D eigenvalue weighted by Gasteiger charge is -2.31. The maximum atomic E-state index is 12.1. The van der Waals surface area contributed by atoms with Gasteiger partial charge in [0, 0.05) is 48.5 Å². The van der Waals surface area contributed by atoms with Gasteiger partial charge in [0.1, 0.15) is 17.0 Å². The third-order valence-electron chi connectivity index (χ3n) is 7.31. The molecule has 1 aliphatic heterocycles. The van der Waals surface area contributed by atoms with Crippen LogP contribution in [0.5, 0.6) is 11.5 Å². The van der Waals surface area contributed by atoms with E-state index in [-0.39, 0.29) is 17.7 Å². The Morgan fingerprint density at radius 1 is 1.16 bits per heavy atom. The number of hydrogen-bond donors (Lipinski definition) is 3. The van der Waals surface area contributed by atoms with Crippen LogP contribution in [0.15, 0.2) is 55.3 Å². The summed E-state index contributed by atoms with van der Waals surface area (Å²) in [7, 11) is 3.03. The molecule has 1 saturated heterocycles. The molecule has 0 spiro atoms. The number of anilines is 3. The minimum atomic E-state index is -0.145. The van der Waals surface area contributed by atoms with E-state index in [2.05, 4.69) is 22.2 Å². The van der Waals surface area contributed by atoms with E-state index < -0.39 is 0 Å². The van der Waals surface area contributed by atoms with Gasteiger partial charge in [-0.1, -0.05) is 41.9 Å². The molecule has 43 heavy (non-hydrogen) atoms. The highest BCUT2D eigenvalue weighted by Gasteiger charge is 2.28. The lowest BCUT2D eigenvalue weighted by Crippen LogP contribution is -2.40. The first-order valence-corrected chi connectivity index (χ1v) is 14.4. The number of methoxy groups -OCH3 is 2. The molecule has 2 aromatic heterocycles. The molecule has 4 aromatic rings. The van der Waals surface area contributed by atoms with E-state index in [1.165, 1.54) is 20.3 Å². The Morgan fingerprint density at radius 3 is 2.63 bits per heavy atom. The summed E-state index contributed by atoms with van der Waals surface area (Å²) in [5.41, 5.74) is 9.11. The first kappa shape index (κ1) is 30.3. The summed E-state index contributed by atoms with van der Waals surface area (Å²) in [6, 6.07) is 10.9. The van der Waals surface area contributed by atoms with Crippen LogP contribution in [0.1, 0.15) is 18.4 Å². The third-order valence-corrected chi connectivity index (χ3v) is 8.06. The molecule has 0 amide bonds. The molecule has 2 atom stereocenters. The molecule has 0 bridgehead atoms. The number of nitrogens with one attached hydrogen (secondary N) is 2. The second kappa shape index (κ2) is 13.5. The van der Waals surface area contributed by atoms with Crippen molar-refractivity contribution in [1.29, 1.82) is 0 Å². The highest BCUT2D eigenvalue weighted by atomic mass is 35.5. The van der Waals surface area contributed by atoms with Crippen molar-refractivity contribution in [3.63, 3.8) is 0 Å². The molecule has 0 radical (unpaired) electrons. The number of nitrogens with zero attached hydrogens (tertiary/aromatic N) is 3. The van der Waals surface area contributed by atoms with E-state index in [0.717, 1.165) is 12.0 Å². The molecule has 10 nitrogen and oxygen atoms in total. The Kier molecular flexibility index (Phi) is 9.49. The largest absolute Gasteiger partial charge is 0.495 e. The van der Waals surface area contributed by atoms with Crippen molar-refractivity contribution in [2.24, 2.45) is 5.92 Å². The van der Waals surface area contributed by atoms with E-state index in [0.29, 0.717) is 87.3 Å². The highest BCUT2D eigenvalue weighted by molar-refractivity contribution is 6.41. The number of fused-ring (bicyclic) bond motifs is 1. The van der Waals surface area contributed by atoms with Gasteiger partial charge in [0.05, 0.1) is 42.6 Å². The molecule has 0 aliphatic carbocycles. The smallest absolute Gasteiger partial charge is 0.223 e. The van der Waals surface area contributed by atoms with Gasteiger partial charge in [0.15, 0.2) is 11.6 Å². The van der Waals surface area contributed by atoms with Gasteiger partial charge in [-0.25, -0.2) is 15.0 Å². The van der Waals surface area contributed by atoms with Crippen LogP contribution in [0.2, 0.25) is 10.0 Å². The number of nitrogens with two attached hydrogens (primary N) is 1. The van der Waals surface area contributed by atoms with Crippen molar-refractivity contribution in [2.75, 3.05) is 43.8 Å². The Bertz CT molecular complexity index is 1640. The molecule has 4 N–H and O–H groups in total. The molecular formula is C31H32Cl2N6O4. The quantitative estimate of drug-likeness (QED) is 0.132. The molecule has 1 aliphatic rings. The summed E-state index contributed by atoms with van der Waals surface area (Å²) in [6.45, 7) is 5.06. The molecule has 0 unspecified atom stereocenters. The summed E-state index contributed by atoms with van der Waals surface area (Å²) in [5.74, 6) is 1.71. The SMILES string of the molecule is C=CC(=O)C[C@H]1CCOC[C@H]1Nc1ncc2cc(-c3c(Cl)c(OC)cc(OC)c3Cl)nc(NCc3cccc(N)c3)c2n1. The van der Waals surface area contributed by atoms with Crippen LogP contribution in [-0.4, -0.2) is 54.2 Å². The van der Waals surface area contributed by atoms with Crippen molar-refractivity contribution >= 4 is 57.3 Å². The van der Waals surface area contributed by atoms with Crippen molar-refractivity contribution in [1.82, 2.24) is 15.0 Å². The molecule has 2 aromatic carbocycles. The number of hydrogen-bond acceptors (Lipinski definition) is 10. The van der Waals surface area contributed by atoms with Crippen LogP contribution in [0.25, 0.3) is 22.2 Å². The zero-order chi connectivity index (χ0) is 30.5. The van der Waals surface area contributed by atoms with Crippen molar-refractivity contribution in [3.8, 4) is 22.8 Å². The average Bonchev–Trinajstić information content (AvgIpc) is 3.01. The number of aromatic nitrogens is 3. The second-order valence-corrected chi connectivity index (χ2v) is 10.9. The number of rotatable bonds is 11. The predicted molar refractivity (Wildman–Crippen MR) is 170 cm³/mol. The number of pyridine rings is 1. The number of ether oxygens (including phenoxy) is 3. The Hall–Kier alpha value is -4.12. The zero-order valence-corrected chi connectivity index (χ0v) is 25.3. The normalized spacial score (nSPS) is 16.5. The lowest BCUT2D eigenvalue weighted by molar-refractivity contribution is -0.116. The summed E-state index contributed by atoms with van der Waals surface area (Å²) in [5, 5.41) is 8.04. The summed E-state index contributed by atoms with van der Waals surface area (Å²) >= 11 is 13.5. The van der Waals surface area contributed by atoms with Crippen LogP contribution < -0.4 is 25.8 Å². The van der Waals surface area contributed by atoms with Crippen LogP contribution in [0.4, 0.5) is 17.5 Å². The molecule has 0 saturated carbocycles. The fourth-order valence-corrected chi connectivity index (χ4v) is 5.75. The number of carbonyl (C=O) groups excluding carboxylic acids is 1. The third kappa shape index (κ3) is 6.77. The zero-order valence-electron chi connectivity index (χ0n) is 23.8. The van der Waals surface area contributed by atoms with Crippen molar-refractivity contribution in [3.05, 3.63) is 70.9 Å². The number of nitrogen functional groups attached to an aromatic ring is 1. The Morgan fingerprint density at radius 2 is 1.93 bits per heavy atom. The lowest BCUT2D eigenvalue weighted by atomic mass is 9.90. The van der Waals surface area contributed by atoms with Crippen LogP contribution in [0.3, 0.4) is 0 Å². The number of halogens is 2. The average molecular weight is 624 g/mol. The van der Waals surface area contributed by atoms with Gasteiger partial charge < -0.3 is 30.6 Å². The minimum Gasteiger partial charge on any atom is -0.495 e. The first-order valence-electron chi connectivity index (χ1n) is 13.7. The molecule has 3 heterocycles. The van der Waals surface area contributed by atoms with Gasteiger partial charge in [-0.15, -0.1) is 0 Å². The Balaban J connectivity index is 1.57. The molecule has 1 fully saturated rings. The monoisotopic (exact) mass is 622 g/mol. The van der Waals surface area contributed by atoms with Crippen LogP contribution in [0, 0.1) is 5.92 Å². The number of allylic oxidation sites excluding steroid dienone is 1. The van der Waals surface area contributed by atoms with E-state index >= 15 is 0 Å². The van der Waals surface area contributed by atoms with Gasteiger partial charge in [-0.3, -0.25) is 4.79 Å². The highest BCUT2D eigenvalue weighted by Crippen LogP contribution is 2.46. The first-order chi connectivity index (χ1) is 20.8. The summed E-state index contributed by atoms with van der Waals surface area (Å²) < 4.78 is 16.6. The van der Waals surface area contributed by atoms with Crippen molar-refractivity contribution in [2.45, 2.75) is 25.4 Å². The van der Waals surface area contributed by atoms with Crippen molar-refractivity contribution < 1.29 is 19.0 Å². The number of benzene rings is 2. The van der Waals surface area contributed by atoms with Gasteiger partial charge in [0.2, 0.25) is 5.95 Å². The van der Waals surface area contributed by atoms with Crippen LogP contribution >= 0.6 is 23.2 Å². The molecule has 5 rings (SSSR count). The fraction of sp³-hybridized carbons (Fsp3) is 0.290. The maximum absolute atomic E-state index is 12.1. The minimum absolute atomic E-state index is 0.00520. The number of carbonyl (C=O) groups is 1. The van der Waals surface area contributed by atoms with E-state index in [9.17, 15) is 4.79 Å². The second-order valence-electron chi connectivity index (χ2n) is 10.1. The fourth-order valence-electron chi connectivity index (χ4n) is 5.05. The number of ketones is 1. The van der Waals surface area contributed by atoms with Gasteiger partial charge >= 0.3 is 0 Å². The molecule has 12 heteroatoms. The van der Waals surface area contributed by atoms with E-state index in [4.69, 9.17) is 53.1 Å². The van der Waals surface area contributed by atoms with Gasteiger partial charge in [-0.2, -0.15) is 0 Å². The topological polar surface area (TPSA) is 134 Å². The summed E-state index contributed by atoms with van der Waals surface area (Å²) in [4.78, 5) is 26.4. The Labute approximate surface area is 259 Å². The van der Waals surface area contributed by atoms with E-state index in [1.807, 2.05) is 30.3 Å².